The maximum atomic E-state index is 13.4. The number of fused-ring (bicyclic) bond motifs is 1. The fourth-order valence-corrected chi connectivity index (χ4v) is 4.63. The van der Waals surface area contributed by atoms with Gasteiger partial charge in [0.25, 0.3) is 11.8 Å². The summed E-state index contributed by atoms with van der Waals surface area (Å²) in [5.74, 6) is -0.943. The predicted molar refractivity (Wildman–Crippen MR) is 138 cm³/mol. The maximum absolute atomic E-state index is 13.4. The second kappa shape index (κ2) is 8.35. The van der Waals surface area contributed by atoms with E-state index in [1.165, 1.54) is 4.90 Å². The van der Waals surface area contributed by atoms with Gasteiger partial charge in [-0.05, 0) is 92.7 Å². The van der Waals surface area contributed by atoms with Gasteiger partial charge in [0.15, 0.2) is 5.11 Å². The van der Waals surface area contributed by atoms with E-state index in [0.717, 1.165) is 39.1 Å². The van der Waals surface area contributed by atoms with Crippen molar-refractivity contribution in [2.24, 2.45) is 0 Å². The van der Waals surface area contributed by atoms with Gasteiger partial charge in [0.1, 0.15) is 5.57 Å². The standard InChI is InChI=1S/C27H22N4O2S/c1-16-6-4-8-21(12-16)31-26(33)23(25(32)29-27(31)34)15-20-13-17(2)30(18(20)3)22-9-10-24-19(14-22)7-5-11-28-24/h4-15H,1-3H3,(H,29,32,34)/b23-15-. The van der Waals surface area contributed by atoms with Gasteiger partial charge in [-0.2, -0.15) is 0 Å². The molecule has 2 aromatic heterocycles. The highest BCUT2D eigenvalue weighted by Gasteiger charge is 2.34. The summed E-state index contributed by atoms with van der Waals surface area (Å²) < 4.78 is 2.10. The summed E-state index contributed by atoms with van der Waals surface area (Å²) in [6.45, 7) is 5.91. The van der Waals surface area contributed by atoms with Gasteiger partial charge in [-0.25, -0.2) is 0 Å². The zero-order valence-corrected chi connectivity index (χ0v) is 19.8. The number of thiocarbonyl (C=S) groups is 1. The van der Waals surface area contributed by atoms with Crippen LogP contribution in [0.25, 0.3) is 22.7 Å². The van der Waals surface area contributed by atoms with Crippen LogP contribution in [0.15, 0.2) is 72.4 Å². The normalized spacial score (nSPS) is 15.3. The Hall–Kier alpha value is -4.10. The zero-order valence-electron chi connectivity index (χ0n) is 19.0. The molecule has 3 heterocycles. The Morgan fingerprint density at radius 3 is 2.56 bits per heavy atom. The summed E-state index contributed by atoms with van der Waals surface area (Å²) in [5, 5.41) is 3.77. The highest BCUT2D eigenvalue weighted by Crippen LogP contribution is 2.27. The number of amides is 2. The number of nitrogens with zero attached hydrogens (tertiary/aromatic N) is 3. The minimum atomic E-state index is -0.500. The fraction of sp³-hybridized carbons (Fsp3) is 0.111. The number of anilines is 1. The molecule has 0 saturated carbocycles. The first-order valence-electron chi connectivity index (χ1n) is 10.9. The first-order chi connectivity index (χ1) is 16.3. The molecule has 2 aromatic carbocycles. The van der Waals surface area contributed by atoms with Gasteiger partial charge in [-0.1, -0.05) is 18.2 Å². The highest BCUT2D eigenvalue weighted by atomic mass is 32.1. The highest BCUT2D eigenvalue weighted by molar-refractivity contribution is 7.80. The van der Waals surface area contributed by atoms with E-state index in [-0.39, 0.29) is 10.7 Å². The SMILES string of the molecule is Cc1cccc(N2C(=O)/C(=C\c3cc(C)n(-c4ccc5ncccc5c4)c3C)C(=O)NC2=S)c1. The fourth-order valence-electron chi connectivity index (χ4n) is 4.35. The summed E-state index contributed by atoms with van der Waals surface area (Å²) >= 11 is 5.31. The molecule has 0 atom stereocenters. The molecule has 0 radical (unpaired) electrons. The Morgan fingerprint density at radius 2 is 1.76 bits per heavy atom. The zero-order chi connectivity index (χ0) is 24.0. The Labute approximate surface area is 202 Å². The lowest BCUT2D eigenvalue weighted by Crippen LogP contribution is -2.54. The smallest absolute Gasteiger partial charge is 0.270 e. The van der Waals surface area contributed by atoms with E-state index in [2.05, 4.69) is 20.9 Å². The van der Waals surface area contributed by atoms with Gasteiger partial charge >= 0.3 is 0 Å². The van der Waals surface area contributed by atoms with Gasteiger partial charge in [0.05, 0.1) is 11.2 Å². The van der Waals surface area contributed by atoms with Gasteiger partial charge in [-0.15, -0.1) is 0 Å². The van der Waals surface area contributed by atoms with Crippen LogP contribution < -0.4 is 10.2 Å². The number of benzene rings is 2. The van der Waals surface area contributed by atoms with Crippen molar-refractivity contribution in [1.29, 1.82) is 0 Å². The molecule has 0 aliphatic carbocycles. The van der Waals surface area contributed by atoms with Gasteiger partial charge < -0.3 is 4.57 Å². The molecule has 7 heteroatoms. The predicted octanol–water partition coefficient (Wildman–Crippen LogP) is 4.78. The third-order valence-corrected chi connectivity index (χ3v) is 6.26. The molecule has 1 saturated heterocycles. The number of hydrogen-bond donors (Lipinski definition) is 1. The van der Waals surface area contributed by atoms with Crippen LogP contribution in [0.3, 0.4) is 0 Å². The number of rotatable bonds is 3. The molecular weight excluding hydrogens is 444 g/mol. The first-order valence-corrected chi connectivity index (χ1v) is 11.3. The van der Waals surface area contributed by atoms with Crippen LogP contribution in [0.1, 0.15) is 22.5 Å². The lowest BCUT2D eigenvalue weighted by Gasteiger charge is -2.29. The van der Waals surface area contributed by atoms with Crippen molar-refractivity contribution in [3.8, 4) is 5.69 Å². The van der Waals surface area contributed by atoms with Gasteiger partial charge in [0, 0.05) is 28.7 Å². The van der Waals surface area contributed by atoms with Crippen molar-refractivity contribution in [2.75, 3.05) is 4.90 Å². The molecule has 5 rings (SSSR count). The Kier molecular flexibility index (Phi) is 5.34. The number of hydrogen-bond acceptors (Lipinski definition) is 4. The maximum Gasteiger partial charge on any atom is 0.270 e. The lowest BCUT2D eigenvalue weighted by molar-refractivity contribution is -0.122. The number of aryl methyl sites for hydroxylation is 2. The largest absolute Gasteiger partial charge is 0.318 e. The van der Waals surface area contributed by atoms with Crippen molar-refractivity contribution in [2.45, 2.75) is 20.8 Å². The molecule has 34 heavy (non-hydrogen) atoms. The van der Waals surface area contributed by atoms with E-state index < -0.39 is 11.8 Å². The average molecular weight is 467 g/mol. The molecule has 1 aliphatic rings. The van der Waals surface area contributed by atoms with Crippen molar-refractivity contribution in [3.05, 3.63) is 94.9 Å². The summed E-state index contributed by atoms with van der Waals surface area (Å²) in [5.41, 5.74) is 6.26. The number of pyridine rings is 1. The van der Waals surface area contributed by atoms with E-state index >= 15 is 0 Å². The first kappa shape index (κ1) is 21.7. The number of carbonyl (C=O) groups excluding carboxylic acids is 2. The molecule has 6 nitrogen and oxygen atoms in total. The van der Waals surface area contributed by atoms with E-state index in [0.29, 0.717) is 5.69 Å². The monoisotopic (exact) mass is 466 g/mol. The molecule has 0 spiro atoms. The molecule has 1 fully saturated rings. The van der Waals surface area contributed by atoms with Crippen LogP contribution >= 0.6 is 12.2 Å². The minimum absolute atomic E-state index is 0.0399. The second-order valence-electron chi connectivity index (χ2n) is 8.34. The van der Waals surface area contributed by atoms with E-state index in [1.54, 1.807) is 18.3 Å². The van der Waals surface area contributed by atoms with Crippen molar-refractivity contribution >= 4 is 51.8 Å². The number of nitrogens with one attached hydrogen (secondary N) is 1. The Morgan fingerprint density at radius 1 is 0.941 bits per heavy atom. The van der Waals surface area contributed by atoms with Gasteiger partial charge in [-0.3, -0.25) is 24.8 Å². The molecular formula is C27H22N4O2S. The van der Waals surface area contributed by atoms with E-state index in [9.17, 15) is 9.59 Å². The molecule has 168 valence electrons. The Balaban J connectivity index is 1.57. The molecule has 0 bridgehead atoms. The van der Waals surface area contributed by atoms with Crippen molar-refractivity contribution < 1.29 is 9.59 Å². The molecule has 1 aliphatic heterocycles. The molecule has 4 aromatic rings. The molecule has 2 amide bonds. The third-order valence-electron chi connectivity index (χ3n) is 5.98. The number of aromatic nitrogens is 2. The van der Waals surface area contributed by atoms with E-state index in [1.807, 2.05) is 69.3 Å². The summed E-state index contributed by atoms with van der Waals surface area (Å²) in [4.78, 5) is 31.9. The van der Waals surface area contributed by atoms with E-state index in [4.69, 9.17) is 12.2 Å². The van der Waals surface area contributed by atoms with Crippen LogP contribution in [-0.4, -0.2) is 26.5 Å². The van der Waals surface area contributed by atoms with Gasteiger partial charge in [0.2, 0.25) is 0 Å². The topological polar surface area (TPSA) is 67.2 Å². The Bertz CT molecular complexity index is 1530. The number of carbonyl (C=O) groups is 2. The van der Waals surface area contributed by atoms with Crippen LogP contribution in [0.5, 0.6) is 0 Å². The van der Waals surface area contributed by atoms with Crippen LogP contribution in [0.4, 0.5) is 5.69 Å². The van der Waals surface area contributed by atoms with Crippen molar-refractivity contribution in [3.63, 3.8) is 0 Å². The second-order valence-corrected chi connectivity index (χ2v) is 8.73. The average Bonchev–Trinajstić information content (AvgIpc) is 3.09. The van der Waals surface area contributed by atoms with Crippen LogP contribution in [0.2, 0.25) is 0 Å². The lowest BCUT2D eigenvalue weighted by atomic mass is 10.1. The summed E-state index contributed by atoms with van der Waals surface area (Å²) in [6, 6.07) is 19.4. The molecule has 1 N–H and O–H groups in total. The quantitative estimate of drug-likeness (QED) is 0.268. The minimum Gasteiger partial charge on any atom is -0.318 e. The van der Waals surface area contributed by atoms with Crippen LogP contribution in [-0.2, 0) is 9.59 Å². The van der Waals surface area contributed by atoms with Crippen molar-refractivity contribution in [1.82, 2.24) is 14.9 Å². The summed E-state index contributed by atoms with van der Waals surface area (Å²) in [6.07, 6.45) is 3.42. The van der Waals surface area contributed by atoms with Crippen LogP contribution in [0, 0.1) is 20.8 Å². The summed E-state index contributed by atoms with van der Waals surface area (Å²) in [7, 11) is 0. The third kappa shape index (κ3) is 3.70. The molecule has 0 unspecified atom stereocenters.